The lowest BCUT2D eigenvalue weighted by molar-refractivity contribution is 0.883. The van der Waals surface area contributed by atoms with Crippen molar-refractivity contribution in [3.05, 3.63) is 102 Å². The zero-order valence-electron chi connectivity index (χ0n) is 14.1. The summed E-state index contributed by atoms with van der Waals surface area (Å²) >= 11 is 5.96. The summed E-state index contributed by atoms with van der Waals surface area (Å²) in [6.45, 7) is 0.679. The number of rotatable bonds is 5. The Labute approximate surface area is 157 Å². The third kappa shape index (κ3) is 3.63. The van der Waals surface area contributed by atoms with Crippen molar-refractivity contribution in [1.29, 1.82) is 0 Å². The minimum absolute atomic E-state index is 0.679. The van der Waals surface area contributed by atoms with Crippen molar-refractivity contribution in [2.45, 2.75) is 6.54 Å². The van der Waals surface area contributed by atoms with Gasteiger partial charge in [-0.3, -0.25) is 0 Å². The molecule has 0 saturated carbocycles. The lowest BCUT2D eigenvalue weighted by Gasteiger charge is -2.06. The predicted molar refractivity (Wildman–Crippen MR) is 108 cm³/mol. The average Bonchev–Trinajstić information content (AvgIpc) is 3.13. The Morgan fingerprint density at radius 2 is 1.46 bits per heavy atom. The van der Waals surface area contributed by atoms with Gasteiger partial charge in [0.15, 0.2) is 0 Å². The molecule has 0 aliphatic heterocycles. The molecule has 26 heavy (non-hydrogen) atoms. The molecule has 4 aromatic rings. The van der Waals surface area contributed by atoms with Crippen LogP contribution in [0.3, 0.4) is 0 Å². The summed E-state index contributed by atoms with van der Waals surface area (Å²) in [6, 6.07) is 28.1. The fourth-order valence-corrected chi connectivity index (χ4v) is 2.98. The molecule has 4 rings (SSSR count). The SMILES string of the molecule is Clc1ccc(NCc2cn(-c3ccccc3)nc2-c2ccccc2)cc1. The van der Waals surface area contributed by atoms with E-state index >= 15 is 0 Å². The van der Waals surface area contributed by atoms with E-state index < -0.39 is 0 Å². The van der Waals surface area contributed by atoms with Crippen LogP contribution in [0.2, 0.25) is 5.02 Å². The number of hydrogen-bond acceptors (Lipinski definition) is 2. The monoisotopic (exact) mass is 359 g/mol. The van der Waals surface area contributed by atoms with Crippen molar-refractivity contribution in [2.24, 2.45) is 0 Å². The molecule has 0 saturated heterocycles. The molecule has 128 valence electrons. The maximum atomic E-state index is 5.96. The number of para-hydroxylation sites is 1. The molecule has 0 unspecified atom stereocenters. The summed E-state index contributed by atoms with van der Waals surface area (Å²) in [5, 5.41) is 9.02. The fourth-order valence-electron chi connectivity index (χ4n) is 2.86. The van der Waals surface area contributed by atoms with Gasteiger partial charge < -0.3 is 5.32 Å². The highest BCUT2D eigenvalue weighted by molar-refractivity contribution is 6.30. The van der Waals surface area contributed by atoms with Gasteiger partial charge in [-0.2, -0.15) is 5.10 Å². The summed E-state index contributed by atoms with van der Waals surface area (Å²) in [7, 11) is 0. The molecule has 0 amide bonds. The van der Waals surface area contributed by atoms with Crippen LogP contribution in [0.15, 0.2) is 91.1 Å². The van der Waals surface area contributed by atoms with Crippen LogP contribution in [0.5, 0.6) is 0 Å². The largest absolute Gasteiger partial charge is 0.381 e. The van der Waals surface area contributed by atoms with E-state index in [4.69, 9.17) is 16.7 Å². The van der Waals surface area contributed by atoms with Gasteiger partial charge >= 0.3 is 0 Å². The molecule has 3 aromatic carbocycles. The zero-order valence-corrected chi connectivity index (χ0v) is 14.9. The molecule has 1 N–H and O–H groups in total. The second kappa shape index (κ2) is 7.46. The van der Waals surface area contributed by atoms with Crippen LogP contribution in [0, 0.1) is 0 Å². The first kappa shape index (κ1) is 16.4. The lowest BCUT2D eigenvalue weighted by Crippen LogP contribution is -1.99. The number of hydrogen-bond donors (Lipinski definition) is 1. The van der Waals surface area contributed by atoms with Crippen LogP contribution in [0.1, 0.15) is 5.56 Å². The highest BCUT2D eigenvalue weighted by Crippen LogP contribution is 2.25. The second-order valence-electron chi connectivity index (χ2n) is 6.01. The maximum absolute atomic E-state index is 5.96. The van der Waals surface area contributed by atoms with Gasteiger partial charge in [-0.25, -0.2) is 4.68 Å². The van der Waals surface area contributed by atoms with E-state index in [9.17, 15) is 0 Å². The number of aromatic nitrogens is 2. The van der Waals surface area contributed by atoms with Crippen molar-refractivity contribution in [3.63, 3.8) is 0 Å². The molecule has 4 heteroatoms. The number of nitrogens with zero attached hydrogens (tertiary/aromatic N) is 2. The first-order chi connectivity index (χ1) is 12.8. The quantitative estimate of drug-likeness (QED) is 0.487. The first-order valence-electron chi connectivity index (χ1n) is 8.48. The van der Waals surface area contributed by atoms with Gasteiger partial charge in [0.2, 0.25) is 0 Å². The molecule has 0 radical (unpaired) electrons. The molecule has 0 spiro atoms. The van der Waals surface area contributed by atoms with E-state index in [1.807, 2.05) is 65.3 Å². The Bertz CT molecular complexity index is 977. The van der Waals surface area contributed by atoms with Gasteiger partial charge in [-0.15, -0.1) is 0 Å². The first-order valence-corrected chi connectivity index (χ1v) is 8.86. The van der Waals surface area contributed by atoms with Crippen molar-refractivity contribution in [3.8, 4) is 16.9 Å². The fraction of sp³-hybridized carbons (Fsp3) is 0.0455. The molecule has 3 nitrogen and oxygen atoms in total. The van der Waals surface area contributed by atoms with Crippen molar-refractivity contribution in [1.82, 2.24) is 9.78 Å². The third-order valence-corrected chi connectivity index (χ3v) is 4.44. The molecule has 0 fully saturated rings. The highest BCUT2D eigenvalue weighted by atomic mass is 35.5. The molecular formula is C22H18ClN3. The van der Waals surface area contributed by atoms with Crippen molar-refractivity contribution >= 4 is 17.3 Å². The Balaban J connectivity index is 1.67. The summed E-state index contributed by atoms with van der Waals surface area (Å²) < 4.78 is 1.93. The minimum Gasteiger partial charge on any atom is -0.381 e. The van der Waals surface area contributed by atoms with E-state index in [2.05, 4.69) is 35.8 Å². The minimum atomic E-state index is 0.679. The van der Waals surface area contributed by atoms with E-state index in [1.54, 1.807) is 0 Å². The predicted octanol–water partition coefficient (Wildman–Crippen LogP) is 5.80. The molecule has 0 bridgehead atoms. The Morgan fingerprint density at radius 1 is 0.808 bits per heavy atom. The summed E-state index contributed by atoms with van der Waals surface area (Å²) in [4.78, 5) is 0. The van der Waals surface area contributed by atoms with Crippen LogP contribution < -0.4 is 5.32 Å². The molecular weight excluding hydrogens is 342 g/mol. The maximum Gasteiger partial charge on any atom is 0.0977 e. The topological polar surface area (TPSA) is 29.9 Å². The van der Waals surface area contributed by atoms with Gasteiger partial charge in [0, 0.05) is 34.6 Å². The van der Waals surface area contributed by atoms with Crippen molar-refractivity contribution in [2.75, 3.05) is 5.32 Å². The van der Waals surface area contributed by atoms with E-state index in [-0.39, 0.29) is 0 Å². The van der Waals surface area contributed by atoms with Gasteiger partial charge in [-0.1, -0.05) is 60.1 Å². The number of nitrogens with one attached hydrogen (secondary N) is 1. The normalized spacial score (nSPS) is 10.7. The Hall–Kier alpha value is -3.04. The summed E-state index contributed by atoms with van der Waals surface area (Å²) in [5.41, 5.74) is 5.30. The Morgan fingerprint density at radius 3 is 2.15 bits per heavy atom. The second-order valence-corrected chi connectivity index (χ2v) is 6.45. The number of halogens is 1. The molecule has 0 aliphatic carbocycles. The third-order valence-electron chi connectivity index (χ3n) is 4.19. The van der Waals surface area contributed by atoms with Gasteiger partial charge in [0.1, 0.15) is 0 Å². The average molecular weight is 360 g/mol. The van der Waals surface area contributed by atoms with Crippen LogP contribution in [-0.2, 0) is 6.54 Å². The lowest BCUT2D eigenvalue weighted by atomic mass is 10.1. The standard InChI is InChI=1S/C22H18ClN3/c23-19-11-13-20(14-12-19)24-15-18-16-26(21-9-5-2-6-10-21)25-22(18)17-7-3-1-4-8-17/h1-14,16,24H,15H2. The summed E-state index contributed by atoms with van der Waals surface area (Å²) in [6.07, 6.45) is 2.08. The molecule has 0 atom stereocenters. The Kier molecular flexibility index (Phi) is 4.71. The van der Waals surface area contributed by atoms with Crippen LogP contribution in [0.4, 0.5) is 5.69 Å². The molecule has 0 aliphatic rings. The van der Waals surface area contributed by atoms with Crippen LogP contribution in [0.25, 0.3) is 16.9 Å². The van der Waals surface area contributed by atoms with Crippen LogP contribution in [-0.4, -0.2) is 9.78 Å². The van der Waals surface area contributed by atoms with Crippen molar-refractivity contribution < 1.29 is 0 Å². The molecule has 1 aromatic heterocycles. The van der Waals surface area contributed by atoms with E-state index in [0.29, 0.717) is 6.54 Å². The molecule has 1 heterocycles. The van der Waals surface area contributed by atoms with E-state index in [1.165, 1.54) is 0 Å². The number of anilines is 1. The summed E-state index contributed by atoms with van der Waals surface area (Å²) in [5.74, 6) is 0. The van der Waals surface area contributed by atoms with Crippen LogP contribution >= 0.6 is 11.6 Å². The zero-order chi connectivity index (χ0) is 17.8. The van der Waals surface area contributed by atoms with Gasteiger partial charge in [0.05, 0.1) is 11.4 Å². The smallest absolute Gasteiger partial charge is 0.0977 e. The van der Waals surface area contributed by atoms with Gasteiger partial charge in [0.25, 0.3) is 0 Å². The van der Waals surface area contributed by atoms with Gasteiger partial charge in [-0.05, 0) is 36.4 Å². The number of benzene rings is 3. The highest BCUT2D eigenvalue weighted by Gasteiger charge is 2.12. The van der Waals surface area contributed by atoms with E-state index in [0.717, 1.165) is 33.2 Å².